The van der Waals surface area contributed by atoms with Crippen LogP contribution in [-0.2, 0) is 4.79 Å². The molecule has 0 spiro atoms. The van der Waals surface area contributed by atoms with E-state index in [9.17, 15) is 9.59 Å². The molecule has 0 bridgehead atoms. The number of piperidine rings is 1. The Morgan fingerprint density at radius 1 is 1.24 bits per heavy atom. The summed E-state index contributed by atoms with van der Waals surface area (Å²) in [6, 6.07) is 5.20. The van der Waals surface area contributed by atoms with Crippen LogP contribution in [0, 0.1) is 0 Å². The molecule has 1 aromatic carbocycles. The Hall–Kier alpha value is -2.28. The van der Waals surface area contributed by atoms with Gasteiger partial charge in [-0.25, -0.2) is 0 Å². The summed E-state index contributed by atoms with van der Waals surface area (Å²) < 4.78 is 10.8. The summed E-state index contributed by atoms with van der Waals surface area (Å²) in [5, 5.41) is 9.06. The number of rotatable bonds is 7. The van der Waals surface area contributed by atoms with Crippen LogP contribution < -0.4 is 25.4 Å². The smallest absolute Gasteiger partial charge is 0.258 e. The Bertz CT molecular complexity index is 598. The largest absolute Gasteiger partial charge is 0.493 e. The topological polar surface area (TPSA) is 88.7 Å². The Kier molecular flexibility index (Phi) is 7.06. The minimum absolute atomic E-state index is 0.0547. The van der Waals surface area contributed by atoms with Gasteiger partial charge >= 0.3 is 0 Å². The average molecular weight is 349 g/mol. The van der Waals surface area contributed by atoms with Crippen molar-refractivity contribution in [3.8, 4) is 11.5 Å². The van der Waals surface area contributed by atoms with E-state index >= 15 is 0 Å². The van der Waals surface area contributed by atoms with E-state index in [2.05, 4.69) is 16.0 Å². The first kappa shape index (κ1) is 19.1. The summed E-state index contributed by atoms with van der Waals surface area (Å²) in [6.07, 6.45) is 1.85. The molecular weight excluding hydrogens is 322 g/mol. The second-order valence-electron chi connectivity index (χ2n) is 6.37. The second-order valence-corrected chi connectivity index (χ2v) is 6.37. The van der Waals surface area contributed by atoms with Crippen LogP contribution >= 0.6 is 0 Å². The molecule has 0 radical (unpaired) electrons. The molecule has 0 atom stereocenters. The van der Waals surface area contributed by atoms with Crippen LogP contribution in [0.3, 0.4) is 0 Å². The molecule has 0 saturated carbocycles. The number of nitrogens with one attached hydrogen (secondary N) is 3. The lowest BCUT2D eigenvalue weighted by atomic mass is 10.1. The van der Waals surface area contributed by atoms with Crippen LogP contribution in [0.1, 0.15) is 37.0 Å². The summed E-state index contributed by atoms with van der Waals surface area (Å²) >= 11 is 0. The minimum atomic E-state index is -0.204. The molecule has 3 N–H and O–H groups in total. The fourth-order valence-electron chi connectivity index (χ4n) is 2.67. The molecule has 1 saturated heterocycles. The highest BCUT2D eigenvalue weighted by Gasteiger charge is 2.18. The summed E-state index contributed by atoms with van der Waals surface area (Å²) in [7, 11) is 1.50. The van der Waals surface area contributed by atoms with Crippen LogP contribution in [0.2, 0.25) is 0 Å². The van der Waals surface area contributed by atoms with Gasteiger partial charge < -0.3 is 25.4 Å². The van der Waals surface area contributed by atoms with Crippen LogP contribution in [0.4, 0.5) is 0 Å². The van der Waals surface area contributed by atoms with Gasteiger partial charge in [-0.1, -0.05) is 0 Å². The Labute approximate surface area is 148 Å². The van der Waals surface area contributed by atoms with Crippen LogP contribution in [0.15, 0.2) is 18.2 Å². The van der Waals surface area contributed by atoms with Gasteiger partial charge in [0.25, 0.3) is 11.8 Å². The molecule has 1 aromatic rings. The maximum Gasteiger partial charge on any atom is 0.258 e. The van der Waals surface area contributed by atoms with Gasteiger partial charge in [0.1, 0.15) is 0 Å². The molecule has 138 valence electrons. The Morgan fingerprint density at radius 3 is 2.60 bits per heavy atom. The number of hydrogen-bond acceptors (Lipinski definition) is 5. The predicted molar refractivity (Wildman–Crippen MR) is 95.1 cm³/mol. The Morgan fingerprint density at radius 2 is 1.96 bits per heavy atom. The molecule has 1 aliphatic rings. The summed E-state index contributed by atoms with van der Waals surface area (Å²) in [5.74, 6) is 0.522. The fourth-order valence-corrected chi connectivity index (χ4v) is 2.67. The molecule has 7 nitrogen and oxygen atoms in total. The van der Waals surface area contributed by atoms with E-state index in [4.69, 9.17) is 9.47 Å². The number of methoxy groups -OCH3 is 1. The first-order chi connectivity index (χ1) is 12.0. The third-order valence-electron chi connectivity index (χ3n) is 3.91. The summed E-state index contributed by atoms with van der Waals surface area (Å²) in [5.41, 5.74) is 0.509. The van der Waals surface area contributed by atoms with Crippen molar-refractivity contribution in [2.45, 2.75) is 38.8 Å². The molecule has 7 heteroatoms. The standard InChI is InChI=1S/C18H27N3O4/c1-12(2)20-17(22)11-25-15-5-4-13(10-16(15)24-3)18(23)21-14-6-8-19-9-7-14/h4-5,10,12,14,19H,6-9,11H2,1-3H3,(H,20,22)(H,21,23). The number of benzene rings is 1. The van der Waals surface area contributed by atoms with Crippen molar-refractivity contribution < 1.29 is 19.1 Å². The van der Waals surface area contributed by atoms with E-state index in [0.717, 1.165) is 25.9 Å². The van der Waals surface area contributed by atoms with Crippen LogP contribution in [-0.4, -0.2) is 50.7 Å². The molecule has 1 aliphatic heterocycles. The average Bonchev–Trinajstić information content (AvgIpc) is 2.60. The van der Waals surface area contributed by atoms with Gasteiger partial charge in [0.05, 0.1) is 7.11 Å². The lowest BCUT2D eigenvalue weighted by Gasteiger charge is -2.23. The zero-order valence-corrected chi connectivity index (χ0v) is 15.1. The quantitative estimate of drug-likeness (QED) is 0.685. The highest BCUT2D eigenvalue weighted by molar-refractivity contribution is 5.95. The summed E-state index contributed by atoms with van der Waals surface area (Å²) in [6.45, 7) is 5.50. The summed E-state index contributed by atoms with van der Waals surface area (Å²) in [4.78, 5) is 24.1. The van der Waals surface area contributed by atoms with Crippen molar-refractivity contribution in [1.82, 2.24) is 16.0 Å². The highest BCUT2D eigenvalue weighted by atomic mass is 16.5. The van der Waals surface area contributed by atoms with Crippen LogP contribution in [0.25, 0.3) is 0 Å². The van der Waals surface area contributed by atoms with Crippen molar-refractivity contribution in [1.29, 1.82) is 0 Å². The molecule has 2 amide bonds. The molecule has 2 rings (SSSR count). The number of ether oxygens (including phenoxy) is 2. The van der Waals surface area contributed by atoms with E-state index in [0.29, 0.717) is 17.1 Å². The molecule has 1 fully saturated rings. The van der Waals surface area contributed by atoms with E-state index < -0.39 is 0 Å². The number of hydrogen-bond donors (Lipinski definition) is 3. The predicted octanol–water partition coefficient (Wildman–Crippen LogP) is 1.08. The van der Waals surface area contributed by atoms with E-state index in [1.54, 1.807) is 18.2 Å². The van der Waals surface area contributed by atoms with Gasteiger partial charge in [0, 0.05) is 17.6 Å². The molecule has 0 aromatic heterocycles. The van der Waals surface area contributed by atoms with Crippen molar-refractivity contribution in [2.24, 2.45) is 0 Å². The van der Waals surface area contributed by atoms with Crippen LogP contribution in [0.5, 0.6) is 11.5 Å². The van der Waals surface area contributed by atoms with Gasteiger partial charge in [-0.15, -0.1) is 0 Å². The lowest BCUT2D eigenvalue weighted by Crippen LogP contribution is -2.42. The normalized spacial score (nSPS) is 14.9. The zero-order chi connectivity index (χ0) is 18.2. The maximum absolute atomic E-state index is 12.4. The lowest BCUT2D eigenvalue weighted by molar-refractivity contribution is -0.123. The van der Waals surface area contributed by atoms with Gasteiger partial charge in [-0.3, -0.25) is 9.59 Å². The third-order valence-corrected chi connectivity index (χ3v) is 3.91. The number of carbonyl (C=O) groups is 2. The van der Waals surface area contributed by atoms with Crippen molar-refractivity contribution in [3.63, 3.8) is 0 Å². The maximum atomic E-state index is 12.4. The number of amides is 2. The molecule has 0 aliphatic carbocycles. The third kappa shape index (κ3) is 5.94. The molecule has 25 heavy (non-hydrogen) atoms. The van der Waals surface area contributed by atoms with Crippen molar-refractivity contribution in [3.05, 3.63) is 23.8 Å². The van der Waals surface area contributed by atoms with E-state index in [1.165, 1.54) is 7.11 Å². The highest BCUT2D eigenvalue weighted by Crippen LogP contribution is 2.28. The molecule has 0 unspecified atom stereocenters. The van der Waals surface area contributed by atoms with Gasteiger partial charge in [-0.05, 0) is 58.0 Å². The molecular formula is C18H27N3O4. The minimum Gasteiger partial charge on any atom is -0.493 e. The van der Waals surface area contributed by atoms with Gasteiger partial charge in [-0.2, -0.15) is 0 Å². The molecule has 1 heterocycles. The second kappa shape index (κ2) is 9.27. The van der Waals surface area contributed by atoms with Gasteiger partial charge in [0.2, 0.25) is 0 Å². The van der Waals surface area contributed by atoms with E-state index in [1.807, 2.05) is 13.8 Å². The Balaban J connectivity index is 1.97. The van der Waals surface area contributed by atoms with Gasteiger partial charge in [0.15, 0.2) is 18.1 Å². The first-order valence-corrected chi connectivity index (χ1v) is 8.61. The van der Waals surface area contributed by atoms with Crippen molar-refractivity contribution >= 4 is 11.8 Å². The van der Waals surface area contributed by atoms with Crippen molar-refractivity contribution in [2.75, 3.05) is 26.8 Å². The van der Waals surface area contributed by atoms with E-state index in [-0.39, 0.29) is 30.5 Å². The SMILES string of the molecule is COc1cc(C(=O)NC2CCNCC2)ccc1OCC(=O)NC(C)C. The fraction of sp³-hybridized carbons (Fsp3) is 0.556. The first-order valence-electron chi connectivity index (χ1n) is 8.61. The number of carbonyl (C=O) groups excluding carboxylic acids is 2. The zero-order valence-electron chi connectivity index (χ0n) is 15.1. The monoisotopic (exact) mass is 349 g/mol.